The molecule has 6 nitrogen and oxygen atoms in total. The van der Waals surface area contributed by atoms with Crippen LogP contribution in [0, 0.1) is 0 Å². The number of nitrogens with zero attached hydrogens (tertiary/aromatic N) is 2. The lowest BCUT2D eigenvalue weighted by Crippen LogP contribution is -2.25. The summed E-state index contributed by atoms with van der Waals surface area (Å²) in [6, 6.07) is 5.77. The molecule has 2 rings (SSSR count). The molecule has 0 spiro atoms. The van der Waals surface area contributed by atoms with Crippen LogP contribution in [0.3, 0.4) is 0 Å². The number of carbonyl (C=O) groups is 2. The molecule has 1 aromatic carbocycles. The lowest BCUT2D eigenvalue weighted by atomic mass is 10.1. The minimum atomic E-state index is -1.10. The Balaban J connectivity index is 2.23. The van der Waals surface area contributed by atoms with Gasteiger partial charge in [-0.05, 0) is 31.2 Å². The van der Waals surface area contributed by atoms with Crippen molar-refractivity contribution in [3.63, 3.8) is 0 Å². The molecule has 1 heterocycles. The third-order valence-electron chi connectivity index (χ3n) is 2.77. The van der Waals surface area contributed by atoms with Gasteiger partial charge < -0.3 is 10.4 Å². The fourth-order valence-electron chi connectivity index (χ4n) is 1.67. The van der Waals surface area contributed by atoms with Crippen molar-refractivity contribution < 1.29 is 14.7 Å². The third kappa shape index (κ3) is 3.05. The van der Waals surface area contributed by atoms with E-state index in [2.05, 4.69) is 26.3 Å². The maximum atomic E-state index is 12.1. The zero-order valence-electron chi connectivity index (χ0n) is 10.6. The Morgan fingerprint density at radius 1 is 1.45 bits per heavy atom. The molecule has 0 saturated carbocycles. The van der Waals surface area contributed by atoms with Gasteiger partial charge in [0.05, 0.1) is 11.3 Å². The van der Waals surface area contributed by atoms with E-state index in [0.717, 1.165) is 0 Å². The van der Waals surface area contributed by atoms with E-state index >= 15 is 0 Å². The molecule has 0 fully saturated rings. The zero-order valence-corrected chi connectivity index (χ0v) is 12.2. The van der Waals surface area contributed by atoms with E-state index in [-0.39, 0.29) is 17.2 Å². The first kappa shape index (κ1) is 14.3. The number of benzene rings is 1. The Morgan fingerprint density at radius 2 is 2.20 bits per heavy atom. The lowest BCUT2D eigenvalue weighted by Gasteiger charge is -2.14. The molecule has 1 amide bonds. The number of hydrogen-bond donors (Lipinski definition) is 2. The number of amides is 1. The number of rotatable bonds is 4. The molecule has 0 bridgehead atoms. The van der Waals surface area contributed by atoms with Gasteiger partial charge in [-0.25, -0.2) is 4.79 Å². The fraction of sp³-hybridized carbons (Fsp3) is 0.154. The highest BCUT2D eigenvalue weighted by Crippen LogP contribution is 2.22. The highest BCUT2D eigenvalue weighted by molar-refractivity contribution is 9.10. The van der Waals surface area contributed by atoms with Crippen LogP contribution >= 0.6 is 15.9 Å². The van der Waals surface area contributed by atoms with Crippen LogP contribution in [0.5, 0.6) is 0 Å². The Hall–Kier alpha value is -2.15. The Bertz CT molecular complexity index is 640. The minimum Gasteiger partial charge on any atom is -0.478 e. The van der Waals surface area contributed by atoms with Crippen molar-refractivity contribution in [2.24, 2.45) is 0 Å². The summed E-state index contributed by atoms with van der Waals surface area (Å²) in [5.74, 6) is -1.44. The van der Waals surface area contributed by atoms with Crippen LogP contribution in [0.2, 0.25) is 0 Å². The number of aromatic nitrogens is 2. The Morgan fingerprint density at radius 3 is 2.80 bits per heavy atom. The van der Waals surface area contributed by atoms with E-state index in [1.807, 2.05) is 0 Å². The number of carboxylic acids is 1. The van der Waals surface area contributed by atoms with Crippen molar-refractivity contribution in [2.75, 3.05) is 5.32 Å². The number of halogens is 1. The molecule has 7 heteroatoms. The van der Waals surface area contributed by atoms with Gasteiger partial charge in [0.25, 0.3) is 0 Å². The second kappa shape index (κ2) is 5.87. The number of aromatic carboxylic acids is 1. The monoisotopic (exact) mass is 337 g/mol. The fourth-order valence-corrected chi connectivity index (χ4v) is 2.03. The average Bonchev–Trinajstić information content (AvgIpc) is 2.91. The molecule has 2 aromatic rings. The molecule has 2 N–H and O–H groups in total. The molecular formula is C13H12BrN3O3. The van der Waals surface area contributed by atoms with Crippen LogP contribution in [0.15, 0.2) is 41.1 Å². The van der Waals surface area contributed by atoms with Crippen LogP contribution in [-0.4, -0.2) is 26.8 Å². The van der Waals surface area contributed by atoms with E-state index in [1.54, 1.807) is 37.5 Å². The first-order valence-electron chi connectivity index (χ1n) is 5.82. The number of nitrogens with one attached hydrogen (secondary N) is 1. The maximum absolute atomic E-state index is 12.1. The molecule has 1 aromatic heterocycles. The van der Waals surface area contributed by atoms with Crippen LogP contribution in [0.4, 0.5) is 5.69 Å². The summed E-state index contributed by atoms with van der Waals surface area (Å²) in [4.78, 5) is 23.2. The minimum absolute atomic E-state index is 0.0363. The number of hydrogen-bond acceptors (Lipinski definition) is 3. The first-order valence-corrected chi connectivity index (χ1v) is 6.61. The van der Waals surface area contributed by atoms with Gasteiger partial charge in [-0.2, -0.15) is 5.10 Å². The molecule has 0 radical (unpaired) electrons. The zero-order chi connectivity index (χ0) is 14.7. The van der Waals surface area contributed by atoms with Crippen molar-refractivity contribution in [1.82, 2.24) is 9.78 Å². The van der Waals surface area contributed by atoms with Gasteiger partial charge in [0, 0.05) is 16.9 Å². The molecule has 0 aliphatic carbocycles. The second-order valence-corrected chi connectivity index (χ2v) is 5.06. The number of carboxylic acid groups (broad SMARTS) is 1. The predicted octanol–water partition coefficient (Wildman–Crippen LogP) is 2.54. The molecule has 0 aliphatic heterocycles. The highest BCUT2D eigenvalue weighted by atomic mass is 79.9. The molecule has 104 valence electrons. The van der Waals surface area contributed by atoms with Gasteiger partial charge >= 0.3 is 5.97 Å². The van der Waals surface area contributed by atoms with E-state index in [0.29, 0.717) is 4.47 Å². The number of carbonyl (C=O) groups excluding carboxylic acids is 1. The maximum Gasteiger partial charge on any atom is 0.337 e. The summed E-state index contributed by atoms with van der Waals surface area (Å²) >= 11 is 3.25. The van der Waals surface area contributed by atoms with Gasteiger partial charge in [-0.1, -0.05) is 15.9 Å². The van der Waals surface area contributed by atoms with Crippen molar-refractivity contribution in [2.45, 2.75) is 13.0 Å². The lowest BCUT2D eigenvalue weighted by molar-refractivity contribution is -0.119. The molecule has 0 saturated heterocycles. The second-order valence-electron chi connectivity index (χ2n) is 4.15. The standard InChI is InChI=1S/C13H12BrN3O3/c1-8(17-6-2-5-15-17)12(18)16-11-7-9(14)3-4-10(11)13(19)20/h2-8H,1H3,(H,16,18)(H,19,20). The molecule has 0 aliphatic rings. The van der Waals surface area contributed by atoms with E-state index in [4.69, 9.17) is 5.11 Å². The van der Waals surface area contributed by atoms with Crippen LogP contribution in [0.1, 0.15) is 23.3 Å². The molecule has 20 heavy (non-hydrogen) atoms. The Labute approximate surface area is 123 Å². The summed E-state index contributed by atoms with van der Waals surface area (Å²) in [5, 5.41) is 15.7. The van der Waals surface area contributed by atoms with Crippen molar-refractivity contribution in [1.29, 1.82) is 0 Å². The van der Waals surface area contributed by atoms with Crippen LogP contribution in [-0.2, 0) is 4.79 Å². The largest absolute Gasteiger partial charge is 0.478 e. The summed E-state index contributed by atoms with van der Waals surface area (Å²) < 4.78 is 2.18. The number of anilines is 1. The summed E-state index contributed by atoms with van der Waals surface area (Å²) in [6.45, 7) is 1.68. The normalized spacial score (nSPS) is 11.9. The van der Waals surface area contributed by atoms with Gasteiger partial charge in [-0.3, -0.25) is 9.48 Å². The highest BCUT2D eigenvalue weighted by Gasteiger charge is 2.18. The van der Waals surface area contributed by atoms with Gasteiger partial charge in [0.2, 0.25) is 5.91 Å². The quantitative estimate of drug-likeness (QED) is 0.897. The molecular weight excluding hydrogens is 326 g/mol. The molecule has 1 atom stereocenters. The SMILES string of the molecule is CC(C(=O)Nc1cc(Br)ccc1C(=O)O)n1cccn1. The first-order chi connectivity index (χ1) is 9.49. The van der Waals surface area contributed by atoms with Crippen molar-refractivity contribution in [3.8, 4) is 0 Å². The third-order valence-corrected chi connectivity index (χ3v) is 3.26. The van der Waals surface area contributed by atoms with Gasteiger partial charge in [-0.15, -0.1) is 0 Å². The average molecular weight is 338 g/mol. The van der Waals surface area contributed by atoms with Gasteiger partial charge in [0.1, 0.15) is 6.04 Å². The van der Waals surface area contributed by atoms with E-state index in [1.165, 1.54) is 10.7 Å². The van der Waals surface area contributed by atoms with Gasteiger partial charge in [0.15, 0.2) is 0 Å². The summed E-state index contributed by atoms with van der Waals surface area (Å²) in [7, 11) is 0. The topological polar surface area (TPSA) is 84.2 Å². The van der Waals surface area contributed by atoms with E-state index < -0.39 is 12.0 Å². The van der Waals surface area contributed by atoms with E-state index in [9.17, 15) is 9.59 Å². The van der Waals surface area contributed by atoms with Crippen LogP contribution in [0.25, 0.3) is 0 Å². The Kier molecular flexibility index (Phi) is 4.19. The smallest absolute Gasteiger partial charge is 0.337 e. The van der Waals surface area contributed by atoms with Crippen molar-refractivity contribution in [3.05, 3.63) is 46.7 Å². The summed E-state index contributed by atoms with van der Waals surface area (Å²) in [6.07, 6.45) is 3.24. The predicted molar refractivity (Wildman–Crippen MR) is 76.7 cm³/mol. The van der Waals surface area contributed by atoms with Crippen LogP contribution < -0.4 is 5.32 Å². The summed E-state index contributed by atoms with van der Waals surface area (Å²) in [5.41, 5.74) is 0.282. The van der Waals surface area contributed by atoms with Crippen molar-refractivity contribution >= 4 is 33.5 Å². The molecule has 1 unspecified atom stereocenters.